The summed E-state index contributed by atoms with van der Waals surface area (Å²) < 4.78 is 5.98. The van der Waals surface area contributed by atoms with Gasteiger partial charge in [0.05, 0.1) is 81.5 Å². The summed E-state index contributed by atoms with van der Waals surface area (Å²) in [6.07, 6.45) is 0. The summed E-state index contributed by atoms with van der Waals surface area (Å²) in [4.78, 5) is 21.6. The third kappa shape index (κ3) is 7.22. The van der Waals surface area contributed by atoms with Crippen molar-refractivity contribution in [2.75, 3.05) is 0 Å². The van der Waals surface area contributed by atoms with Crippen LogP contribution in [0.3, 0.4) is 0 Å². The first kappa shape index (κ1) is 41.7. The summed E-state index contributed by atoms with van der Waals surface area (Å²) >= 11 is 31.4. The molecular weight excluding hydrogens is 1290 g/mol. The van der Waals surface area contributed by atoms with E-state index in [1.54, 1.807) is 0 Å². The molecule has 9 rings (SSSR count). The average molecular weight is 1310 g/mol. The van der Waals surface area contributed by atoms with Gasteiger partial charge in [-0.3, -0.25) is 0 Å². The van der Waals surface area contributed by atoms with E-state index in [1.165, 1.54) is 0 Å². The summed E-state index contributed by atoms with van der Waals surface area (Å²) in [7, 11) is 0. The molecule has 5 heterocycles. The molecule has 5 aliphatic heterocycles. The number of hydrogen-bond acceptors (Lipinski definition) is 4. The van der Waals surface area contributed by atoms with Crippen molar-refractivity contribution in [3.05, 3.63) is 202 Å². The number of halogens is 8. The van der Waals surface area contributed by atoms with Gasteiger partial charge in [-0.2, -0.15) is 0 Å². The maximum Gasteiger partial charge on any atom is 0.0956 e. The molecule has 0 saturated heterocycles. The summed E-state index contributed by atoms with van der Waals surface area (Å²) in [6.45, 7) is 0. The van der Waals surface area contributed by atoms with Crippen LogP contribution in [0.1, 0.15) is 22.3 Å². The molecule has 0 fully saturated rings. The molecule has 57 heavy (non-hydrogen) atoms. The second-order valence-electron chi connectivity index (χ2n) is 12.7. The van der Waals surface area contributed by atoms with Gasteiger partial charge in [0.25, 0.3) is 0 Å². The Balaban J connectivity index is 0.00000455. The fourth-order valence-corrected chi connectivity index (χ4v) is 12.6. The minimum atomic E-state index is 0. The number of rotatable bonds is 4. The predicted molar refractivity (Wildman–Crippen MR) is 263 cm³/mol. The number of benzene rings is 4. The topological polar surface area (TPSA) is 49.4 Å². The zero-order chi connectivity index (χ0) is 38.8. The minimum absolute atomic E-state index is 0. The molecule has 0 N–H and O–H groups in total. The number of nitrogens with zero attached hydrogens (tertiary/aromatic N) is 4. The molecule has 0 atom stereocenters. The van der Waals surface area contributed by atoms with E-state index in [9.17, 15) is 0 Å². The molecular formula is C44H20Br8N4Zn. The van der Waals surface area contributed by atoms with E-state index < -0.39 is 0 Å². The number of hydrogen-bond donors (Lipinski definition) is 0. The van der Waals surface area contributed by atoms with Gasteiger partial charge in [0.1, 0.15) is 0 Å². The van der Waals surface area contributed by atoms with Crippen molar-refractivity contribution in [2.45, 2.75) is 0 Å². The smallest absolute Gasteiger partial charge is 0.0956 e. The number of aliphatic imine (C=N–C) groups is 4. The van der Waals surface area contributed by atoms with Crippen molar-refractivity contribution in [2.24, 2.45) is 20.0 Å². The summed E-state index contributed by atoms with van der Waals surface area (Å²) in [5, 5.41) is 0. The Bertz CT molecular complexity index is 2820. The first-order valence-electron chi connectivity index (χ1n) is 16.9. The Hall–Kier alpha value is -2.06. The Morgan fingerprint density at radius 2 is 0.561 bits per heavy atom. The van der Waals surface area contributed by atoms with Crippen LogP contribution in [-0.4, -0.2) is 22.8 Å². The van der Waals surface area contributed by atoms with Crippen LogP contribution in [0.25, 0.3) is 22.3 Å². The van der Waals surface area contributed by atoms with Gasteiger partial charge >= 0.3 is 0 Å². The largest absolute Gasteiger partial charge is 0.246 e. The molecule has 4 aromatic carbocycles. The van der Waals surface area contributed by atoms with E-state index >= 15 is 0 Å². The van der Waals surface area contributed by atoms with E-state index in [2.05, 4.69) is 212 Å². The van der Waals surface area contributed by atoms with Gasteiger partial charge in [-0.25, -0.2) is 20.0 Å². The zero-order valence-corrected chi connectivity index (χ0v) is 44.7. The molecule has 5 aliphatic rings. The maximum absolute atomic E-state index is 5.69. The molecule has 274 valence electrons. The molecule has 0 aromatic heterocycles. The Labute approximate surface area is 409 Å². The van der Waals surface area contributed by atoms with Crippen molar-refractivity contribution >= 4 is 173 Å². The van der Waals surface area contributed by atoms with Crippen LogP contribution in [0.15, 0.2) is 200 Å². The molecule has 4 nitrogen and oxygen atoms in total. The van der Waals surface area contributed by atoms with Crippen LogP contribution >= 0.6 is 127 Å². The van der Waals surface area contributed by atoms with Gasteiger partial charge < -0.3 is 0 Å². The van der Waals surface area contributed by atoms with E-state index in [0.29, 0.717) is 42.0 Å². The van der Waals surface area contributed by atoms with Crippen LogP contribution in [0.5, 0.6) is 0 Å². The molecule has 0 spiro atoms. The van der Waals surface area contributed by atoms with Crippen LogP contribution in [0, 0.1) is 0 Å². The van der Waals surface area contributed by atoms with Gasteiger partial charge in [-0.05, 0) is 150 Å². The molecule has 0 amide bonds. The first-order valence-corrected chi connectivity index (χ1v) is 23.3. The van der Waals surface area contributed by atoms with Crippen LogP contribution in [-0.2, 0) is 19.5 Å². The zero-order valence-electron chi connectivity index (χ0n) is 29.1. The van der Waals surface area contributed by atoms with Crippen LogP contribution in [0.4, 0.5) is 0 Å². The van der Waals surface area contributed by atoms with Gasteiger partial charge in [-0.1, -0.05) is 121 Å². The van der Waals surface area contributed by atoms with Crippen LogP contribution < -0.4 is 0 Å². The van der Waals surface area contributed by atoms with Crippen molar-refractivity contribution < 1.29 is 19.5 Å². The minimum Gasteiger partial charge on any atom is -0.246 e. The molecule has 0 aliphatic carbocycles. The monoisotopic (exact) mass is 1300 g/mol. The van der Waals surface area contributed by atoms with Crippen molar-refractivity contribution in [1.82, 2.24) is 0 Å². The summed E-state index contributed by atoms with van der Waals surface area (Å²) in [5.74, 6) is 0. The number of allylic oxidation sites excluding steroid dienone is 12. The van der Waals surface area contributed by atoms with Crippen molar-refractivity contribution in [3.8, 4) is 0 Å². The third-order valence-corrected chi connectivity index (χ3v) is 16.6. The fraction of sp³-hybridized carbons (Fsp3) is 0. The van der Waals surface area contributed by atoms with Gasteiger partial charge in [0.15, 0.2) is 0 Å². The van der Waals surface area contributed by atoms with Gasteiger partial charge in [0, 0.05) is 41.8 Å². The second-order valence-corrected chi connectivity index (χ2v) is 19.1. The standard InChI is InChI=1S/C44H20Br8N4.Zn/c45-29-27(23-17-9-3-10-18-23)38-28(24-19-11-4-12-20-24)37-25(21-13-5-1-6-14-21)26(22-15-7-2-8-16-22)39(53-37)34(50)41-30(46)31(47)43(55-41)36(52)44-33(49)32(48)42(56-44)35(51)40(29)54-38;/h1-20H;. The van der Waals surface area contributed by atoms with Crippen molar-refractivity contribution in [1.29, 1.82) is 0 Å². The van der Waals surface area contributed by atoms with E-state index in [1.807, 2.05) is 36.4 Å². The molecule has 4 aromatic rings. The second kappa shape index (κ2) is 17.1. The number of fused-ring (bicyclic) bond motifs is 4. The summed E-state index contributed by atoms with van der Waals surface area (Å²) in [5.41, 5.74) is 13.3. The van der Waals surface area contributed by atoms with Crippen molar-refractivity contribution in [3.63, 3.8) is 0 Å². The quantitative estimate of drug-likeness (QED) is 0.183. The third-order valence-electron chi connectivity index (χ3n) is 9.47. The van der Waals surface area contributed by atoms with E-state index in [-0.39, 0.29) is 19.5 Å². The summed E-state index contributed by atoms with van der Waals surface area (Å²) in [6, 6.07) is 41.6. The SMILES string of the molecule is BrC1=C(Br)C2=C(Br)C3=NC(=C(Br)C4=NC(=C(c5ccccc5)C5=NC(=C(Br)C1=N2)C(Br)=C5c1ccccc1)C(c1ccccc1)=C4c1ccccc1)C(Br)=C3Br.[Zn]. The Morgan fingerprint density at radius 3 is 1.00 bits per heavy atom. The predicted octanol–water partition coefficient (Wildman–Crippen LogP) is 15.5. The maximum atomic E-state index is 5.69. The van der Waals surface area contributed by atoms with Crippen LogP contribution in [0.2, 0.25) is 0 Å². The first-order chi connectivity index (χ1) is 27.2. The molecule has 13 heteroatoms. The average Bonchev–Trinajstić information content (AvgIpc) is 3.96. The Morgan fingerprint density at radius 1 is 0.246 bits per heavy atom. The molecule has 0 unspecified atom stereocenters. The Kier molecular flexibility index (Phi) is 12.5. The molecule has 0 radical (unpaired) electrons. The molecule has 0 saturated carbocycles. The van der Waals surface area contributed by atoms with E-state index in [4.69, 9.17) is 20.0 Å². The van der Waals surface area contributed by atoms with Gasteiger partial charge in [-0.15, -0.1) is 0 Å². The fourth-order valence-electron chi connectivity index (χ4n) is 6.95. The van der Waals surface area contributed by atoms with Gasteiger partial charge in [0.2, 0.25) is 0 Å². The van der Waals surface area contributed by atoms with E-state index in [0.717, 1.165) is 84.1 Å². The molecule has 8 bridgehead atoms. The normalized spacial score (nSPS) is 18.2.